The standard InChI is InChI=1S/C17H17N3O3S/c1-4-23-12-8-6-5-7-11(12)19-15(21)14-10(2)13-16(24-14)18-9-20(3)17(13)22/h5-9H,4H2,1-3H3,(H,19,21). The molecular weight excluding hydrogens is 326 g/mol. The highest BCUT2D eigenvalue weighted by Gasteiger charge is 2.20. The molecule has 2 heterocycles. The Morgan fingerprint density at radius 1 is 1.38 bits per heavy atom. The second-order valence-corrected chi connectivity index (χ2v) is 6.28. The number of carbonyl (C=O) groups excluding carboxylic acids is 1. The minimum absolute atomic E-state index is 0.150. The van der Waals surface area contributed by atoms with Crippen LogP contribution in [0.1, 0.15) is 22.2 Å². The number of aromatic nitrogens is 2. The van der Waals surface area contributed by atoms with E-state index in [2.05, 4.69) is 10.3 Å². The van der Waals surface area contributed by atoms with Gasteiger partial charge in [0, 0.05) is 7.05 Å². The summed E-state index contributed by atoms with van der Waals surface area (Å²) in [5.74, 6) is 0.339. The number of hydrogen-bond acceptors (Lipinski definition) is 5. The van der Waals surface area contributed by atoms with E-state index in [4.69, 9.17) is 4.74 Å². The van der Waals surface area contributed by atoms with Crippen molar-refractivity contribution in [3.8, 4) is 5.75 Å². The average Bonchev–Trinajstić information content (AvgIpc) is 2.91. The molecular formula is C17H17N3O3S. The first-order valence-corrected chi connectivity index (χ1v) is 8.32. The quantitative estimate of drug-likeness (QED) is 0.790. The van der Waals surface area contributed by atoms with Gasteiger partial charge in [-0.15, -0.1) is 11.3 Å². The maximum Gasteiger partial charge on any atom is 0.266 e. The van der Waals surface area contributed by atoms with Crippen LogP contribution in [0.15, 0.2) is 35.4 Å². The van der Waals surface area contributed by atoms with Crippen molar-refractivity contribution < 1.29 is 9.53 Å². The van der Waals surface area contributed by atoms with Gasteiger partial charge in [-0.3, -0.25) is 9.59 Å². The molecule has 6 nitrogen and oxygen atoms in total. The molecule has 0 saturated carbocycles. The molecule has 3 aromatic rings. The van der Waals surface area contributed by atoms with Crippen LogP contribution in [0, 0.1) is 6.92 Å². The lowest BCUT2D eigenvalue weighted by molar-refractivity contribution is 0.102. The molecule has 1 aromatic carbocycles. The summed E-state index contributed by atoms with van der Waals surface area (Å²) in [6.07, 6.45) is 1.46. The van der Waals surface area contributed by atoms with Crippen LogP contribution in [-0.2, 0) is 7.05 Å². The van der Waals surface area contributed by atoms with Gasteiger partial charge >= 0.3 is 0 Å². The molecule has 0 aliphatic heterocycles. The van der Waals surface area contributed by atoms with Gasteiger partial charge in [-0.05, 0) is 31.5 Å². The first-order chi connectivity index (χ1) is 11.5. The van der Waals surface area contributed by atoms with Gasteiger partial charge in [0.1, 0.15) is 10.6 Å². The van der Waals surface area contributed by atoms with Gasteiger partial charge < -0.3 is 14.6 Å². The summed E-state index contributed by atoms with van der Waals surface area (Å²) >= 11 is 1.22. The molecule has 0 aliphatic rings. The van der Waals surface area contributed by atoms with Crippen molar-refractivity contribution in [1.29, 1.82) is 0 Å². The monoisotopic (exact) mass is 343 g/mol. The van der Waals surface area contributed by atoms with Gasteiger partial charge in [-0.25, -0.2) is 4.98 Å². The van der Waals surface area contributed by atoms with Gasteiger partial charge in [0.15, 0.2) is 0 Å². The van der Waals surface area contributed by atoms with Crippen molar-refractivity contribution >= 4 is 33.1 Å². The Morgan fingerprint density at radius 3 is 2.88 bits per heavy atom. The molecule has 0 unspecified atom stereocenters. The highest BCUT2D eigenvalue weighted by molar-refractivity contribution is 7.20. The van der Waals surface area contributed by atoms with Crippen LogP contribution in [0.4, 0.5) is 5.69 Å². The molecule has 0 bridgehead atoms. The number of benzene rings is 1. The SMILES string of the molecule is CCOc1ccccc1NC(=O)c1sc2ncn(C)c(=O)c2c1C. The maximum atomic E-state index is 12.7. The maximum absolute atomic E-state index is 12.7. The number of nitrogens with zero attached hydrogens (tertiary/aromatic N) is 2. The topological polar surface area (TPSA) is 73.2 Å². The number of anilines is 1. The molecule has 0 spiro atoms. The van der Waals surface area contributed by atoms with Crippen LogP contribution < -0.4 is 15.6 Å². The third-order valence-corrected chi connectivity index (χ3v) is 4.85. The van der Waals surface area contributed by atoms with Gasteiger partial charge in [0.05, 0.1) is 28.9 Å². The zero-order valence-electron chi connectivity index (χ0n) is 13.6. The molecule has 3 rings (SSSR count). The number of thiophene rings is 1. The number of amides is 1. The molecule has 24 heavy (non-hydrogen) atoms. The Labute approximate surface area is 142 Å². The number of carbonyl (C=O) groups is 1. The van der Waals surface area contributed by atoms with Gasteiger partial charge in [-0.1, -0.05) is 12.1 Å². The van der Waals surface area contributed by atoms with E-state index in [1.807, 2.05) is 19.1 Å². The number of para-hydroxylation sites is 2. The molecule has 2 aromatic heterocycles. The molecule has 124 valence electrons. The number of rotatable bonds is 4. The highest BCUT2D eigenvalue weighted by Crippen LogP contribution is 2.29. The van der Waals surface area contributed by atoms with Crippen LogP contribution in [0.25, 0.3) is 10.2 Å². The van der Waals surface area contributed by atoms with Gasteiger partial charge in [0.25, 0.3) is 11.5 Å². The van der Waals surface area contributed by atoms with Crippen molar-refractivity contribution in [3.63, 3.8) is 0 Å². The molecule has 1 N–H and O–H groups in total. The molecule has 1 amide bonds. The van der Waals surface area contributed by atoms with E-state index in [-0.39, 0.29) is 11.5 Å². The average molecular weight is 343 g/mol. The number of aryl methyl sites for hydroxylation is 2. The fraction of sp³-hybridized carbons (Fsp3) is 0.235. The predicted octanol–water partition coefficient (Wildman–Crippen LogP) is 2.95. The van der Waals surface area contributed by atoms with Crippen molar-refractivity contribution in [2.75, 3.05) is 11.9 Å². The number of fused-ring (bicyclic) bond motifs is 1. The van der Waals surface area contributed by atoms with Crippen molar-refractivity contribution in [2.24, 2.45) is 7.05 Å². The zero-order valence-corrected chi connectivity index (χ0v) is 14.4. The minimum Gasteiger partial charge on any atom is -0.492 e. The van der Waals surface area contributed by atoms with Gasteiger partial charge in [-0.2, -0.15) is 0 Å². The van der Waals surface area contributed by atoms with E-state index in [0.29, 0.717) is 38.7 Å². The third-order valence-electron chi connectivity index (χ3n) is 3.65. The van der Waals surface area contributed by atoms with Crippen molar-refractivity contribution in [3.05, 3.63) is 51.4 Å². The van der Waals surface area contributed by atoms with Crippen LogP contribution in [0.3, 0.4) is 0 Å². The number of hydrogen-bond donors (Lipinski definition) is 1. The molecule has 0 radical (unpaired) electrons. The summed E-state index contributed by atoms with van der Waals surface area (Å²) in [6.45, 7) is 4.16. The van der Waals surface area contributed by atoms with Crippen LogP contribution in [0.2, 0.25) is 0 Å². The summed E-state index contributed by atoms with van der Waals surface area (Å²) in [5.41, 5.74) is 1.10. The normalized spacial score (nSPS) is 10.8. The Bertz CT molecular complexity index is 975. The van der Waals surface area contributed by atoms with E-state index in [1.165, 1.54) is 22.2 Å². The summed E-state index contributed by atoms with van der Waals surface area (Å²) in [7, 11) is 1.64. The van der Waals surface area contributed by atoms with E-state index >= 15 is 0 Å². The second-order valence-electron chi connectivity index (χ2n) is 5.28. The van der Waals surface area contributed by atoms with Crippen LogP contribution >= 0.6 is 11.3 Å². The highest BCUT2D eigenvalue weighted by atomic mass is 32.1. The lowest BCUT2D eigenvalue weighted by Crippen LogP contribution is -2.17. The summed E-state index contributed by atoms with van der Waals surface area (Å²) in [5, 5.41) is 3.35. The largest absolute Gasteiger partial charge is 0.492 e. The lowest BCUT2D eigenvalue weighted by atomic mass is 10.2. The van der Waals surface area contributed by atoms with Crippen molar-refractivity contribution in [1.82, 2.24) is 9.55 Å². The second kappa shape index (κ2) is 6.45. The zero-order chi connectivity index (χ0) is 17.3. The summed E-state index contributed by atoms with van der Waals surface area (Å²) < 4.78 is 6.93. The fourth-order valence-corrected chi connectivity index (χ4v) is 3.49. The molecule has 0 aliphatic carbocycles. The third kappa shape index (κ3) is 2.78. The summed E-state index contributed by atoms with van der Waals surface area (Å²) in [6, 6.07) is 7.25. The molecule has 7 heteroatoms. The van der Waals surface area contributed by atoms with E-state index in [0.717, 1.165) is 0 Å². The molecule has 0 atom stereocenters. The molecule has 0 fully saturated rings. The lowest BCUT2D eigenvalue weighted by Gasteiger charge is -2.10. The Hall–Kier alpha value is -2.67. The molecule has 0 saturated heterocycles. The minimum atomic E-state index is -0.273. The number of nitrogens with one attached hydrogen (secondary N) is 1. The fourth-order valence-electron chi connectivity index (χ4n) is 2.46. The smallest absolute Gasteiger partial charge is 0.266 e. The van der Waals surface area contributed by atoms with E-state index in [1.54, 1.807) is 26.1 Å². The Balaban J connectivity index is 2.00. The Kier molecular flexibility index (Phi) is 4.35. The van der Waals surface area contributed by atoms with E-state index in [9.17, 15) is 9.59 Å². The first kappa shape index (κ1) is 16.2. The van der Waals surface area contributed by atoms with E-state index < -0.39 is 0 Å². The predicted molar refractivity (Wildman–Crippen MR) is 95.2 cm³/mol. The first-order valence-electron chi connectivity index (χ1n) is 7.50. The van der Waals surface area contributed by atoms with Gasteiger partial charge in [0.2, 0.25) is 0 Å². The summed E-state index contributed by atoms with van der Waals surface area (Å²) in [4.78, 5) is 30.2. The van der Waals surface area contributed by atoms with Crippen molar-refractivity contribution in [2.45, 2.75) is 13.8 Å². The van der Waals surface area contributed by atoms with Crippen LogP contribution in [0.5, 0.6) is 5.75 Å². The Morgan fingerprint density at radius 2 is 2.12 bits per heavy atom. The number of ether oxygens (including phenoxy) is 1. The van der Waals surface area contributed by atoms with Crippen LogP contribution in [-0.4, -0.2) is 22.1 Å².